The molecule has 1 aromatic carbocycles. The highest BCUT2D eigenvalue weighted by atomic mass is 16.5. The highest BCUT2D eigenvalue weighted by molar-refractivity contribution is 5.84. The van der Waals surface area contributed by atoms with Gasteiger partial charge in [0.15, 0.2) is 0 Å². The molecule has 0 aliphatic heterocycles. The number of allylic oxidation sites excluding steroid dienone is 2. The van der Waals surface area contributed by atoms with Gasteiger partial charge in [-0.2, -0.15) is 0 Å². The maximum absolute atomic E-state index is 12.4. The van der Waals surface area contributed by atoms with E-state index in [2.05, 4.69) is 58.0 Å². The second kappa shape index (κ2) is 10.5. The second-order valence-electron chi connectivity index (χ2n) is 8.17. The molecule has 144 valence electrons. The van der Waals surface area contributed by atoms with Gasteiger partial charge in [0.05, 0.1) is 6.61 Å². The van der Waals surface area contributed by atoms with Gasteiger partial charge in [-0.1, -0.05) is 52.3 Å². The number of rotatable bonds is 10. The molecule has 0 amide bonds. The van der Waals surface area contributed by atoms with Crippen molar-refractivity contribution in [3.05, 3.63) is 35.9 Å². The van der Waals surface area contributed by atoms with Crippen LogP contribution in [0.3, 0.4) is 0 Å². The molecule has 1 aromatic rings. The highest BCUT2D eigenvalue weighted by Crippen LogP contribution is 2.33. The molecule has 0 radical (unpaired) electrons. The van der Waals surface area contributed by atoms with Crippen LogP contribution in [0.4, 0.5) is 0 Å². The zero-order chi connectivity index (χ0) is 18.9. The fourth-order valence-electron chi connectivity index (χ4n) is 3.57. The summed E-state index contributed by atoms with van der Waals surface area (Å²) in [5.41, 5.74) is 2.65. The first-order chi connectivity index (χ1) is 12.5. The third-order valence-electron chi connectivity index (χ3n) is 5.58. The quantitative estimate of drug-likeness (QED) is 0.436. The smallest absolute Gasteiger partial charge is 0.139 e. The summed E-state index contributed by atoms with van der Waals surface area (Å²) in [6, 6.07) is 8.47. The number of unbranched alkanes of at least 4 members (excludes halogenated alkanes) is 1. The predicted molar refractivity (Wildman–Crippen MR) is 110 cm³/mol. The topological polar surface area (TPSA) is 26.3 Å². The maximum atomic E-state index is 12.4. The van der Waals surface area contributed by atoms with Gasteiger partial charge >= 0.3 is 0 Å². The largest absolute Gasteiger partial charge is 0.494 e. The van der Waals surface area contributed by atoms with E-state index in [-0.39, 0.29) is 11.8 Å². The minimum absolute atomic E-state index is 0.201. The lowest BCUT2D eigenvalue weighted by Crippen LogP contribution is -2.22. The predicted octanol–water partition coefficient (Wildman–Crippen LogP) is 6.69. The van der Waals surface area contributed by atoms with E-state index in [1.54, 1.807) is 0 Å². The van der Waals surface area contributed by atoms with Crippen LogP contribution in [0.5, 0.6) is 5.75 Å². The maximum Gasteiger partial charge on any atom is 0.139 e. The molecule has 2 rings (SSSR count). The monoisotopic (exact) mass is 356 g/mol. The third kappa shape index (κ3) is 6.30. The number of hydrogen-bond donors (Lipinski definition) is 0. The molecule has 2 unspecified atom stereocenters. The van der Waals surface area contributed by atoms with Crippen LogP contribution in [0.2, 0.25) is 0 Å². The number of benzene rings is 1. The van der Waals surface area contributed by atoms with E-state index in [1.165, 1.54) is 24.0 Å². The Morgan fingerprint density at radius 3 is 2.46 bits per heavy atom. The van der Waals surface area contributed by atoms with Gasteiger partial charge in [-0.05, 0) is 67.7 Å². The molecule has 2 atom stereocenters. The minimum Gasteiger partial charge on any atom is -0.494 e. The summed E-state index contributed by atoms with van der Waals surface area (Å²) in [5, 5.41) is 0. The number of ether oxygens (including phenoxy) is 1. The highest BCUT2D eigenvalue weighted by Gasteiger charge is 2.24. The van der Waals surface area contributed by atoms with Gasteiger partial charge in [0.25, 0.3) is 0 Å². The van der Waals surface area contributed by atoms with Gasteiger partial charge in [0.1, 0.15) is 11.5 Å². The molecular formula is C24H36O2. The zero-order valence-corrected chi connectivity index (χ0v) is 17.1. The van der Waals surface area contributed by atoms with E-state index in [9.17, 15) is 4.79 Å². The molecule has 2 nitrogen and oxygen atoms in total. The fraction of sp³-hybridized carbons (Fsp3) is 0.625. The summed E-state index contributed by atoms with van der Waals surface area (Å²) in [7, 11) is 0. The van der Waals surface area contributed by atoms with Crippen LogP contribution in [0, 0.1) is 17.8 Å². The SMILES string of the molecule is CCC(C)C(=O)C1CC=C(c2ccc(OCCCCC(C)C)cc2)CC1. The van der Waals surface area contributed by atoms with Gasteiger partial charge in [0.2, 0.25) is 0 Å². The Morgan fingerprint density at radius 1 is 1.15 bits per heavy atom. The number of carbonyl (C=O) groups is 1. The number of ketones is 1. The van der Waals surface area contributed by atoms with Crippen molar-refractivity contribution in [1.82, 2.24) is 0 Å². The second-order valence-corrected chi connectivity index (χ2v) is 8.17. The van der Waals surface area contributed by atoms with Gasteiger partial charge in [-0.3, -0.25) is 4.79 Å². The van der Waals surface area contributed by atoms with Crippen molar-refractivity contribution in [2.45, 2.75) is 72.6 Å². The molecule has 0 fully saturated rings. The molecule has 1 aliphatic rings. The third-order valence-corrected chi connectivity index (χ3v) is 5.58. The van der Waals surface area contributed by atoms with Crippen LogP contribution >= 0.6 is 0 Å². The lowest BCUT2D eigenvalue weighted by atomic mass is 9.80. The zero-order valence-electron chi connectivity index (χ0n) is 17.1. The molecular weight excluding hydrogens is 320 g/mol. The summed E-state index contributed by atoms with van der Waals surface area (Å²) < 4.78 is 5.85. The minimum atomic E-state index is 0.201. The molecule has 0 aromatic heterocycles. The van der Waals surface area contributed by atoms with Crippen molar-refractivity contribution in [2.75, 3.05) is 6.61 Å². The summed E-state index contributed by atoms with van der Waals surface area (Å²) in [5.74, 6) is 2.61. The molecule has 0 N–H and O–H groups in total. The molecule has 0 saturated carbocycles. The first kappa shape index (κ1) is 20.7. The van der Waals surface area contributed by atoms with E-state index >= 15 is 0 Å². The first-order valence-corrected chi connectivity index (χ1v) is 10.5. The van der Waals surface area contributed by atoms with Crippen LogP contribution in [0.15, 0.2) is 30.3 Å². The van der Waals surface area contributed by atoms with Gasteiger partial charge < -0.3 is 4.74 Å². The Balaban J connectivity index is 1.81. The summed E-state index contributed by atoms with van der Waals surface area (Å²) in [6.07, 6.45) is 9.74. The summed E-state index contributed by atoms with van der Waals surface area (Å²) in [4.78, 5) is 12.4. The number of carbonyl (C=O) groups excluding carboxylic acids is 1. The lowest BCUT2D eigenvalue weighted by Gasteiger charge is -2.23. The van der Waals surface area contributed by atoms with Crippen molar-refractivity contribution in [2.24, 2.45) is 17.8 Å². The normalized spacial score (nSPS) is 18.5. The Labute approximate surface area is 160 Å². The van der Waals surface area contributed by atoms with Gasteiger partial charge in [-0.15, -0.1) is 0 Å². The lowest BCUT2D eigenvalue weighted by molar-refractivity contribution is -0.126. The van der Waals surface area contributed by atoms with E-state index in [0.717, 1.165) is 50.4 Å². The average Bonchev–Trinajstić information content (AvgIpc) is 2.67. The average molecular weight is 357 g/mol. The van der Waals surface area contributed by atoms with Crippen LogP contribution in [0.1, 0.15) is 78.2 Å². The molecule has 2 heteroatoms. The summed E-state index contributed by atoms with van der Waals surface area (Å²) in [6.45, 7) is 9.49. The molecule has 0 bridgehead atoms. The number of hydrogen-bond acceptors (Lipinski definition) is 2. The van der Waals surface area contributed by atoms with Crippen LogP contribution in [-0.4, -0.2) is 12.4 Å². The van der Waals surface area contributed by atoms with E-state index in [1.807, 2.05) is 0 Å². The van der Waals surface area contributed by atoms with Crippen molar-refractivity contribution >= 4 is 11.4 Å². The van der Waals surface area contributed by atoms with Crippen LogP contribution in [0.25, 0.3) is 5.57 Å². The van der Waals surface area contributed by atoms with E-state index in [4.69, 9.17) is 4.74 Å². The molecule has 0 saturated heterocycles. The van der Waals surface area contributed by atoms with Crippen LogP contribution < -0.4 is 4.74 Å². The van der Waals surface area contributed by atoms with Crippen LogP contribution in [-0.2, 0) is 4.79 Å². The fourth-order valence-corrected chi connectivity index (χ4v) is 3.57. The Morgan fingerprint density at radius 2 is 1.88 bits per heavy atom. The van der Waals surface area contributed by atoms with Crippen molar-refractivity contribution < 1.29 is 9.53 Å². The number of Topliss-reactive ketones (excluding diaryl/α,β-unsaturated/α-hetero) is 1. The Kier molecular flexibility index (Phi) is 8.41. The molecule has 1 aliphatic carbocycles. The van der Waals surface area contributed by atoms with Gasteiger partial charge in [0, 0.05) is 11.8 Å². The van der Waals surface area contributed by atoms with Crippen molar-refractivity contribution in [1.29, 1.82) is 0 Å². The Bertz CT molecular complexity index is 583. The Hall–Kier alpha value is -1.57. The van der Waals surface area contributed by atoms with E-state index in [0.29, 0.717) is 5.78 Å². The standard InChI is InChI=1S/C24H36O2/c1-5-19(4)24(25)22-11-9-20(10-12-22)21-13-15-23(16-14-21)26-17-7-6-8-18(2)3/h9,13-16,18-19,22H,5-8,10-12,17H2,1-4H3. The molecule has 0 spiro atoms. The molecule has 26 heavy (non-hydrogen) atoms. The van der Waals surface area contributed by atoms with Gasteiger partial charge in [-0.25, -0.2) is 0 Å². The van der Waals surface area contributed by atoms with E-state index < -0.39 is 0 Å². The van der Waals surface area contributed by atoms with Crippen molar-refractivity contribution in [3.8, 4) is 5.75 Å². The summed E-state index contributed by atoms with van der Waals surface area (Å²) >= 11 is 0. The molecule has 0 heterocycles. The first-order valence-electron chi connectivity index (χ1n) is 10.5. The van der Waals surface area contributed by atoms with Crippen molar-refractivity contribution in [3.63, 3.8) is 0 Å².